The highest BCUT2D eigenvalue weighted by Gasteiger charge is 2.36. The summed E-state index contributed by atoms with van der Waals surface area (Å²) in [5.74, 6) is -1.07. The number of anilines is 1. The summed E-state index contributed by atoms with van der Waals surface area (Å²) in [7, 11) is 1.33. The number of amides is 2. The molecule has 5 heteroatoms. The smallest absolute Gasteiger partial charge is 0.337 e. The fraction of sp³-hybridized carbons (Fsp3) is 0.0500. The number of carbonyl (C=O) groups excluding carboxylic acids is 3. The minimum atomic E-state index is -0.411. The van der Waals surface area contributed by atoms with Gasteiger partial charge in [-0.05, 0) is 47.2 Å². The summed E-state index contributed by atoms with van der Waals surface area (Å²) in [5.41, 5.74) is 1.77. The lowest BCUT2D eigenvalue weighted by atomic mass is 10.1. The van der Waals surface area contributed by atoms with Gasteiger partial charge in [-0.3, -0.25) is 9.59 Å². The van der Waals surface area contributed by atoms with Gasteiger partial charge in [0.25, 0.3) is 11.8 Å². The molecule has 2 amide bonds. The van der Waals surface area contributed by atoms with Crippen LogP contribution in [0, 0.1) is 0 Å². The van der Waals surface area contributed by atoms with Crippen LogP contribution in [0.25, 0.3) is 10.8 Å². The molecule has 0 unspecified atom stereocenters. The van der Waals surface area contributed by atoms with Gasteiger partial charge in [-0.15, -0.1) is 0 Å². The Bertz CT molecular complexity index is 1020. The normalized spacial score (nSPS) is 13.2. The topological polar surface area (TPSA) is 63.7 Å². The number of carbonyl (C=O) groups is 3. The molecule has 5 nitrogen and oxygen atoms in total. The van der Waals surface area contributed by atoms with E-state index in [2.05, 4.69) is 0 Å². The monoisotopic (exact) mass is 331 g/mol. The fourth-order valence-corrected chi connectivity index (χ4v) is 3.04. The highest BCUT2D eigenvalue weighted by atomic mass is 16.5. The molecular weight excluding hydrogens is 318 g/mol. The molecule has 1 heterocycles. The van der Waals surface area contributed by atoms with Crippen LogP contribution in [-0.4, -0.2) is 24.9 Å². The van der Waals surface area contributed by atoms with Crippen LogP contribution in [0.3, 0.4) is 0 Å². The van der Waals surface area contributed by atoms with Gasteiger partial charge < -0.3 is 4.74 Å². The van der Waals surface area contributed by atoms with E-state index >= 15 is 0 Å². The largest absolute Gasteiger partial charge is 0.465 e. The minimum Gasteiger partial charge on any atom is -0.465 e. The van der Waals surface area contributed by atoms with Crippen LogP contribution < -0.4 is 4.90 Å². The van der Waals surface area contributed by atoms with Crippen molar-refractivity contribution < 1.29 is 19.1 Å². The van der Waals surface area contributed by atoms with Gasteiger partial charge in [0.15, 0.2) is 0 Å². The van der Waals surface area contributed by atoms with Gasteiger partial charge in [-0.2, -0.15) is 0 Å². The Morgan fingerprint density at radius 2 is 1.44 bits per heavy atom. The predicted molar refractivity (Wildman–Crippen MR) is 92.9 cm³/mol. The number of esters is 1. The maximum absolute atomic E-state index is 12.6. The van der Waals surface area contributed by atoms with Gasteiger partial charge in [-0.25, -0.2) is 9.69 Å². The van der Waals surface area contributed by atoms with E-state index in [0.717, 1.165) is 10.8 Å². The Balaban J connectivity index is 1.77. The molecule has 0 saturated carbocycles. The number of fused-ring (bicyclic) bond motifs is 2. The van der Waals surface area contributed by atoms with Crippen LogP contribution in [0.2, 0.25) is 0 Å². The third-order valence-corrected chi connectivity index (χ3v) is 4.30. The van der Waals surface area contributed by atoms with Crippen molar-refractivity contribution in [3.8, 4) is 0 Å². The zero-order valence-corrected chi connectivity index (χ0v) is 13.4. The Labute approximate surface area is 143 Å². The zero-order valence-electron chi connectivity index (χ0n) is 13.4. The molecule has 0 bridgehead atoms. The van der Waals surface area contributed by atoms with Crippen molar-refractivity contribution in [2.24, 2.45) is 0 Å². The molecule has 1 aliphatic heterocycles. The van der Waals surface area contributed by atoms with Crippen LogP contribution >= 0.6 is 0 Å². The average Bonchev–Trinajstić information content (AvgIpc) is 2.91. The molecule has 122 valence electrons. The summed E-state index contributed by atoms with van der Waals surface area (Å²) in [6, 6.07) is 17.2. The van der Waals surface area contributed by atoms with Crippen LogP contribution in [-0.2, 0) is 4.74 Å². The zero-order chi connectivity index (χ0) is 17.6. The number of nitrogens with zero attached hydrogens (tertiary/aromatic N) is 1. The van der Waals surface area contributed by atoms with Crippen molar-refractivity contribution in [2.45, 2.75) is 0 Å². The number of benzene rings is 3. The van der Waals surface area contributed by atoms with Crippen LogP contribution in [0.5, 0.6) is 0 Å². The summed E-state index contributed by atoms with van der Waals surface area (Å²) in [6.45, 7) is 0. The van der Waals surface area contributed by atoms with Crippen molar-refractivity contribution in [1.29, 1.82) is 0 Å². The average molecular weight is 331 g/mol. The highest BCUT2D eigenvalue weighted by molar-refractivity contribution is 6.34. The van der Waals surface area contributed by atoms with E-state index in [-0.39, 0.29) is 11.8 Å². The number of ether oxygens (including phenoxy) is 1. The molecule has 0 atom stereocenters. The molecule has 0 radical (unpaired) electrons. The number of methoxy groups -OCH3 is 1. The maximum atomic E-state index is 12.6. The standard InChI is InChI=1S/C20H13NO4/c1-25-20(24)14-7-6-13-11-15(9-8-12(13)10-14)21-18(22)16-4-2-3-5-17(16)19(21)23/h2-11H,1H3. The first-order valence-electron chi connectivity index (χ1n) is 7.70. The van der Waals surface area contributed by atoms with Crippen LogP contribution in [0.1, 0.15) is 31.1 Å². The summed E-state index contributed by atoms with van der Waals surface area (Å²) in [5, 5.41) is 1.64. The van der Waals surface area contributed by atoms with Crippen molar-refractivity contribution >= 4 is 34.2 Å². The van der Waals surface area contributed by atoms with Crippen LogP contribution in [0.15, 0.2) is 60.7 Å². The molecule has 1 aliphatic rings. The minimum absolute atomic E-state index is 0.328. The Morgan fingerprint density at radius 3 is 2.08 bits per heavy atom. The second-order valence-corrected chi connectivity index (χ2v) is 5.73. The summed E-state index contributed by atoms with van der Waals surface area (Å²) < 4.78 is 4.72. The second-order valence-electron chi connectivity index (χ2n) is 5.73. The van der Waals surface area contributed by atoms with E-state index in [1.807, 2.05) is 0 Å². The van der Waals surface area contributed by atoms with Gasteiger partial charge in [0.05, 0.1) is 29.5 Å². The SMILES string of the molecule is COC(=O)c1ccc2cc(N3C(=O)c4ccccc4C3=O)ccc2c1. The van der Waals surface area contributed by atoms with Gasteiger partial charge >= 0.3 is 5.97 Å². The summed E-state index contributed by atoms with van der Waals surface area (Å²) >= 11 is 0. The van der Waals surface area contributed by atoms with E-state index in [1.54, 1.807) is 60.7 Å². The third kappa shape index (κ3) is 2.29. The second kappa shape index (κ2) is 5.56. The Hall–Kier alpha value is -3.47. The van der Waals surface area contributed by atoms with Gasteiger partial charge in [0.2, 0.25) is 0 Å². The van der Waals surface area contributed by atoms with E-state index in [9.17, 15) is 14.4 Å². The lowest BCUT2D eigenvalue weighted by Crippen LogP contribution is -2.29. The van der Waals surface area contributed by atoms with Crippen LogP contribution in [0.4, 0.5) is 5.69 Å². The Kier molecular flexibility index (Phi) is 3.35. The molecule has 0 N–H and O–H groups in total. The summed E-state index contributed by atoms with van der Waals surface area (Å²) in [6.07, 6.45) is 0. The molecule has 25 heavy (non-hydrogen) atoms. The molecule has 3 aromatic rings. The lowest BCUT2D eigenvalue weighted by molar-refractivity contribution is 0.0600. The quantitative estimate of drug-likeness (QED) is 0.533. The molecule has 4 rings (SSSR count). The molecule has 0 spiro atoms. The van der Waals surface area contributed by atoms with Gasteiger partial charge in [0, 0.05) is 0 Å². The van der Waals surface area contributed by atoms with Crippen molar-refractivity contribution in [3.63, 3.8) is 0 Å². The van der Waals surface area contributed by atoms with E-state index in [1.165, 1.54) is 12.0 Å². The Morgan fingerprint density at radius 1 is 0.840 bits per heavy atom. The first-order valence-corrected chi connectivity index (χ1v) is 7.70. The van der Waals surface area contributed by atoms with Gasteiger partial charge in [0.1, 0.15) is 0 Å². The highest BCUT2D eigenvalue weighted by Crippen LogP contribution is 2.30. The predicted octanol–water partition coefficient (Wildman–Crippen LogP) is 3.43. The van der Waals surface area contributed by atoms with Crippen molar-refractivity contribution in [3.05, 3.63) is 77.4 Å². The van der Waals surface area contributed by atoms with Gasteiger partial charge in [-0.1, -0.05) is 24.3 Å². The molecule has 0 aliphatic carbocycles. The molecule has 0 saturated heterocycles. The lowest BCUT2D eigenvalue weighted by Gasteiger charge is -2.14. The summed E-state index contributed by atoms with van der Waals surface area (Å²) in [4.78, 5) is 37.9. The number of rotatable bonds is 2. The molecule has 0 aromatic heterocycles. The molecular formula is C20H13NO4. The van der Waals surface area contributed by atoms with Crippen molar-refractivity contribution in [1.82, 2.24) is 0 Å². The van der Waals surface area contributed by atoms with E-state index in [0.29, 0.717) is 22.4 Å². The third-order valence-electron chi connectivity index (χ3n) is 4.30. The molecule has 0 fully saturated rings. The fourth-order valence-electron chi connectivity index (χ4n) is 3.04. The first kappa shape index (κ1) is 15.1. The first-order chi connectivity index (χ1) is 12.1. The van der Waals surface area contributed by atoms with E-state index < -0.39 is 5.97 Å². The number of imide groups is 1. The van der Waals surface area contributed by atoms with E-state index in [4.69, 9.17) is 4.74 Å². The number of hydrogen-bond donors (Lipinski definition) is 0. The molecule has 3 aromatic carbocycles. The number of hydrogen-bond acceptors (Lipinski definition) is 4. The maximum Gasteiger partial charge on any atom is 0.337 e. The van der Waals surface area contributed by atoms with Crippen molar-refractivity contribution in [2.75, 3.05) is 12.0 Å².